The molecule has 2 aliphatic rings. The second kappa shape index (κ2) is 3.65. The molecule has 19 heavy (non-hydrogen) atoms. The fraction of sp³-hybridized carbons (Fsp3) is 0. The van der Waals surface area contributed by atoms with Gasteiger partial charge in [0.15, 0.2) is 0 Å². The van der Waals surface area contributed by atoms with E-state index in [9.17, 15) is 4.79 Å². The molecule has 0 N–H and O–H groups in total. The Morgan fingerprint density at radius 2 is 1.63 bits per heavy atom. The predicted molar refractivity (Wildman–Crippen MR) is 74.4 cm³/mol. The summed E-state index contributed by atoms with van der Waals surface area (Å²) in [6.07, 6.45) is 1.50. The van der Waals surface area contributed by atoms with Crippen LogP contribution >= 0.6 is 0 Å². The molecular weight excluding hydrogens is 238 g/mol. The summed E-state index contributed by atoms with van der Waals surface area (Å²) in [5.74, 6) is 0. The van der Waals surface area contributed by atoms with Gasteiger partial charge in [-0.1, -0.05) is 36.4 Å². The lowest BCUT2D eigenvalue weighted by Gasteiger charge is -2.10. The predicted octanol–water partition coefficient (Wildman–Crippen LogP) is 3.45. The molecule has 90 valence electrons. The molecule has 0 amide bonds. The third-order valence-electron chi connectivity index (χ3n) is 3.36. The summed E-state index contributed by atoms with van der Waals surface area (Å²) in [5.41, 5.74) is 2.68. The van der Waals surface area contributed by atoms with Crippen LogP contribution in [-0.4, -0.2) is 4.98 Å². The average molecular weight is 247 g/mol. The standard InChI is InChI=1S/C16H9NO2/c18-16-12-9-19-14-8-4-2-6-11(14)15(12)10-5-1-3-7-13(10)17-16/h1-9H. The van der Waals surface area contributed by atoms with E-state index in [0.29, 0.717) is 5.56 Å². The van der Waals surface area contributed by atoms with Crippen LogP contribution < -0.4 is 5.56 Å². The first-order chi connectivity index (χ1) is 9.34. The van der Waals surface area contributed by atoms with Crippen molar-refractivity contribution >= 4 is 21.9 Å². The number of pyridine rings is 1. The topological polar surface area (TPSA) is 43.1 Å². The highest BCUT2D eigenvalue weighted by Gasteiger charge is 2.16. The molecule has 2 aromatic carbocycles. The molecule has 0 saturated carbocycles. The van der Waals surface area contributed by atoms with E-state index in [0.717, 1.165) is 27.4 Å². The largest absolute Gasteiger partial charge is 0.463 e. The number of rotatable bonds is 0. The third kappa shape index (κ3) is 1.38. The van der Waals surface area contributed by atoms with Crippen molar-refractivity contribution in [2.24, 2.45) is 0 Å². The molecule has 2 heterocycles. The molecular formula is C16H9NO2. The van der Waals surface area contributed by atoms with Crippen molar-refractivity contribution in [3.05, 3.63) is 65.1 Å². The van der Waals surface area contributed by atoms with E-state index in [1.807, 2.05) is 48.5 Å². The minimum Gasteiger partial charge on any atom is -0.463 e. The Morgan fingerprint density at radius 3 is 2.53 bits per heavy atom. The maximum atomic E-state index is 12.1. The van der Waals surface area contributed by atoms with Crippen LogP contribution in [-0.2, 0) is 0 Å². The molecule has 0 aliphatic carbocycles. The highest BCUT2D eigenvalue weighted by atomic mass is 16.3. The van der Waals surface area contributed by atoms with Crippen LogP contribution in [0.25, 0.3) is 33.0 Å². The summed E-state index contributed by atoms with van der Waals surface area (Å²) < 4.78 is 5.51. The van der Waals surface area contributed by atoms with E-state index in [1.54, 1.807) is 0 Å². The highest BCUT2D eigenvalue weighted by Crippen LogP contribution is 2.33. The van der Waals surface area contributed by atoms with Gasteiger partial charge in [0.1, 0.15) is 11.8 Å². The van der Waals surface area contributed by atoms with Gasteiger partial charge in [-0.2, -0.15) is 0 Å². The summed E-state index contributed by atoms with van der Waals surface area (Å²) in [5, 5.41) is 1.92. The molecule has 0 aromatic heterocycles. The molecule has 0 spiro atoms. The zero-order valence-electron chi connectivity index (χ0n) is 9.96. The van der Waals surface area contributed by atoms with Crippen LogP contribution in [0.5, 0.6) is 0 Å². The summed E-state index contributed by atoms with van der Waals surface area (Å²) in [7, 11) is 0. The van der Waals surface area contributed by atoms with Crippen molar-refractivity contribution in [3.8, 4) is 11.1 Å². The smallest absolute Gasteiger partial charge is 0.281 e. The molecule has 3 nitrogen and oxygen atoms in total. The quantitative estimate of drug-likeness (QED) is 0.447. The maximum absolute atomic E-state index is 12.1. The summed E-state index contributed by atoms with van der Waals surface area (Å²) in [4.78, 5) is 16.2. The van der Waals surface area contributed by atoms with Crippen molar-refractivity contribution in [2.75, 3.05) is 0 Å². The Labute approximate surface area is 108 Å². The Kier molecular flexibility index (Phi) is 1.97. The van der Waals surface area contributed by atoms with Crippen LogP contribution in [0.15, 0.2) is 64.0 Å². The van der Waals surface area contributed by atoms with Gasteiger partial charge in [-0.15, -0.1) is 0 Å². The normalized spacial score (nSPS) is 11.4. The lowest BCUT2D eigenvalue weighted by atomic mass is 9.98. The molecule has 0 atom stereocenters. The minimum absolute atomic E-state index is 0.247. The van der Waals surface area contributed by atoms with Gasteiger partial charge in [0.05, 0.1) is 11.1 Å². The fourth-order valence-electron chi connectivity index (χ4n) is 2.50. The van der Waals surface area contributed by atoms with E-state index >= 15 is 0 Å². The van der Waals surface area contributed by atoms with Crippen LogP contribution in [0.3, 0.4) is 0 Å². The van der Waals surface area contributed by atoms with Gasteiger partial charge in [0, 0.05) is 16.3 Å². The number of nitrogens with zero attached hydrogens (tertiary/aromatic N) is 1. The number of fused-ring (bicyclic) bond motifs is 5. The maximum Gasteiger partial charge on any atom is 0.281 e. The summed E-state index contributed by atoms with van der Waals surface area (Å²) >= 11 is 0. The molecule has 0 saturated heterocycles. The molecule has 4 rings (SSSR count). The molecule has 0 fully saturated rings. The monoisotopic (exact) mass is 247 g/mol. The third-order valence-corrected chi connectivity index (χ3v) is 3.36. The van der Waals surface area contributed by atoms with Gasteiger partial charge in [-0.25, -0.2) is 4.98 Å². The Balaban J connectivity index is 2.39. The zero-order valence-corrected chi connectivity index (χ0v) is 9.96. The molecule has 0 unspecified atom stereocenters. The Morgan fingerprint density at radius 1 is 0.895 bits per heavy atom. The fourth-order valence-corrected chi connectivity index (χ4v) is 2.50. The van der Waals surface area contributed by atoms with Crippen LogP contribution in [0.1, 0.15) is 0 Å². The first-order valence-corrected chi connectivity index (χ1v) is 6.03. The lowest BCUT2D eigenvalue weighted by Crippen LogP contribution is -2.10. The lowest BCUT2D eigenvalue weighted by molar-refractivity contribution is 0.605. The SMILES string of the molecule is O=c1nc2ccccc2c2c3ccccc3occ1-2. The number of para-hydroxylation sites is 2. The average Bonchev–Trinajstić information content (AvgIpc) is 2.47. The number of hydrogen-bond donors (Lipinski definition) is 0. The van der Waals surface area contributed by atoms with Crippen molar-refractivity contribution in [2.45, 2.75) is 0 Å². The van der Waals surface area contributed by atoms with Crippen LogP contribution in [0.4, 0.5) is 0 Å². The van der Waals surface area contributed by atoms with E-state index in [4.69, 9.17) is 4.42 Å². The molecule has 0 bridgehead atoms. The van der Waals surface area contributed by atoms with Gasteiger partial charge < -0.3 is 4.42 Å². The Bertz CT molecular complexity index is 940. The Hall–Kier alpha value is -2.68. The first kappa shape index (κ1) is 10.3. The second-order valence-corrected chi connectivity index (χ2v) is 4.45. The van der Waals surface area contributed by atoms with Gasteiger partial charge >= 0.3 is 0 Å². The zero-order chi connectivity index (χ0) is 12.8. The number of benzene rings is 2. The van der Waals surface area contributed by atoms with E-state index in [-0.39, 0.29) is 5.56 Å². The van der Waals surface area contributed by atoms with Crippen molar-refractivity contribution in [3.63, 3.8) is 0 Å². The van der Waals surface area contributed by atoms with Crippen LogP contribution in [0.2, 0.25) is 0 Å². The van der Waals surface area contributed by atoms with Gasteiger partial charge in [0.2, 0.25) is 0 Å². The van der Waals surface area contributed by atoms with Crippen LogP contribution in [0, 0.1) is 0 Å². The van der Waals surface area contributed by atoms with Gasteiger partial charge in [0.25, 0.3) is 5.56 Å². The summed E-state index contributed by atoms with van der Waals surface area (Å²) in [6, 6.07) is 15.4. The van der Waals surface area contributed by atoms with E-state index in [1.165, 1.54) is 6.26 Å². The highest BCUT2D eigenvalue weighted by molar-refractivity contribution is 6.07. The van der Waals surface area contributed by atoms with E-state index in [2.05, 4.69) is 4.98 Å². The summed E-state index contributed by atoms with van der Waals surface area (Å²) in [6.45, 7) is 0. The van der Waals surface area contributed by atoms with Crippen molar-refractivity contribution in [1.82, 2.24) is 4.98 Å². The molecule has 2 aliphatic heterocycles. The minimum atomic E-state index is -0.247. The first-order valence-electron chi connectivity index (χ1n) is 6.03. The van der Waals surface area contributed by atoms with Gasteiger partial charge in [-0.05, 0) is 12.1 Å². The second-order valence-electron chi connectivity index (χ2n) is 4.45. The van der Waals surface area contributed by atoms with Crippen molar-refractivity contribution in [1.29, 1.82) is 0 Å². The van der Waals surface area contributed by atoms with Crippen molar-refractivity contribution < 1.29 is 4.42 Å². The van der Waals surface area contributed by atoms with E-state index < -0.39 is 0 Å². The molecule has 2 aromatic rings. The number of hydrogen-bond acceptors (Lipinski definition) is 3. The molecule has 3 heteroatoms. The number of aromatic nitrogens is 1. The molecule has 0 radical (unpaired) electrons. The van der Waals surface area contributed by atoms with Gasteiger partial charge in [-0.3, -0.25) is 4.79 Å².